The summed E-state index contributed by atoms with van der Waals surface area (Å²) >= 11 is 0. The van der Waals surface area contributed by atoms with E-state index < -0.39 is 0 Å². The van der Waals surface area contributed by atoms with E-state index in [-0.39, 0.29) is 11.5 Å². The van der Waals surface area contributed by atoms with Crippen LogP contribution in [0.5, 0.6) is 11.5 Å². The molecule has 1 aromatic carbocycles. The largest absolute Gasteiger partial charge is 0.504 e. The van der Waals surface area contributed by atoms with Gasteiger partial charge in [-0.3, -0.25) is 0 Å². The van der Waals surface area contributed by atoms with E-state index in [1.807, 2.05) is 6.92 Å². The van der Waals surface area contributed by atoms with Gasteiger partial charge in [-0.2, -0.15) is 0 Å². The van der Waals surface area contributed by atoms with Gasteiger partial charge in [0.05, 0.1) is 5.39 Å². The van der Waals surface area contributed by atoms with Crippen molar-refractivity contribution in [1.82, 2.24) is 0 Å². The first-order valence-electron chi connectivity index (χ1n) is 4.02. The highest BCUT2D eigenvalue weighted by Gasteiger charge is 2.14. The van der Waals surface area contributed by atoms with Crippen molar-refractivity contribution >= 4 is 11.0 Å². The van der Waals surface area contributed by atoms with E-state index in [1.54, 1.807) is 19.1 Å². The number of aryl methyl sites for hydroxylation is 2. The monoisotopic (exact) mass is 178 g/mol. The Bertz CT molecular complexity index is 468. The van der Waals surface area contributed by atoms with E-state index in [1.165, 1.54) is 0 Å². The van der Waals surface area contributed by atoms with Crippen molar-refractivity contribution in [1.29, 1.82) is 0 Å². The summed E-state index contributed by atoms with van der Waals surface area (Å²) in [6.45, 7) is 3.52. The van der Waals surface area contributed by atoms with Gasteiger partial charge < -0.3 is 14.6 Å². The Kier molecular flexibility index (Phi) is 1.49. The van der Waals surface area contributed by atoms with Crippen LogP contribution in [0.2, 0.25) is 0 Å². The second-order valence-electron chi connectivity index (χ2n) is 3.11. The lowest BCUT2D eigenvalue weighted by atomic mass is 10.1. The standard InChI is InChI=1S/C10H10O3/c1-5-3-4-7(11)10-8(5)9(12)6(2)13-10/h3-4,11-12H,1-2H3. The highest BCUT2D eigenvalue weighted by Crippen LogP contribution is 2.38. The van der Waals surface area contributed by atoms with Crippen LogP contribution < -0.4 is 0 Å². The normalized spacial score (nSPS) is 10.9. The average molecular weight is 178 g/mol. The maximum absolute atomic E-state index is 9.60. The molecule has 2 N–H and O–H groups in total. The number of fused-ring (bicyclic) bond motifs is 1. The highest BCUT2D eigenvalue weighted by molar-refractivity contribution is 5.92. The lowest BCUT2D eigenvalue weighted by Crippen LogP contribution is -1.74. The van der Waals surface area contributed by atoms with Gasteiger partial charge in [0.2, 0.25) is 0 Å². The summed E-state index contributed by atoms with van der Waals surface area (Å²) in [5.41, 5.74) is 1.25. The zero-order chi connectivity index (χ0) is 9.59. The molecule has 0 amide bonds. The molecule has 3 heteroatoms. The maximum atomic E-state index is 9.60. The number of hydrogen-bond donors (Lipinski definition) is 2. The molecule has 0 fully saturated rings. The first-order chi connectivity index (χ1) is 6.11. The smallest absolute Gasteiger partial charge is 0.180 e. The van der Waals surface area contributed by atoms with Gasteiger partial charge in [0.25, 0.3) is 0 Å². The van der Waals surface area contributed by atoms with Crippen LogP contribution in [0.25, 0.3) is 11.0 Å². The van der Waals surface area contributed by atoms with E-state index in [4.69, 9.17) is 4.42 Å². The van der Waals surface area contributed by atoms with Crippen molar-refractivity contribution < 1.29 is 14.6 Å². The SMILES string of the molecule is Cc1oc2c(O)ccc(C)c2c1O. The van der Waals surface area contributed by atoms with Crippen LogP contribution in [0.15, 0.2) is 16.5 Å². The first kappa shape index (κ1) is 7.98. The molecule has 0 aliphatic heterocycles. The second kappa shape index (κ2) is 2.42. The lowest BCUT2D eigenvalue weighted by molar-refractivity contribution is 0.441. The number of furan rings is 1. The number of phenols is 1. The zero-order valence-corrected chi connectivity index (χ0v) is 7.46. The van der Waals surface area contributed by atoms with Crippen LogP contribution in [0.3, 0.4) is 0 Å². The van der Waals surface area contributed by atoms with Gasteiger partial charge in [0.15, 0.2) is 17.1 Å². The highest BCUT2D eigenvalue weighted by atomic mass is 16.4. The van der Waals surface area contributed by atoms with E-state index in [2.05, 4.69) is 0 Å². The van der Waals surface area contributed by atoms with Crippen molar-refractivity contribution in [3.63, 3.8) is 0 Å². The fourth-order valence-corrected chi connectivity index (χ4v) is 1.45. The minimum Gasteiger partial charge on any atom is -0.504 e. The molecule has 0 aliphatic carbocycles. The zero-order valence-electron chi connectivity index (χ0n) is 7.46. The van der Waals surface area contributed by atoms with Crippen LogP contribution in [-0.4, -0.2) is 10.2 Å². The van der Waals surface area contributed by atoms with Crippen LogP contribution >= 0.6 is 0 Å². The fraction of sp³-hybridized carbons (Fsp3) is 0.200. The number of hydrogen-bond acceptors (Lipinski definition) is 3. The third-order valence-corrected chi connectivity index (χ3v) is 2.17. The van der Waals surface area contributed by atoms with Crippen LogP contribution in [-0.2, 0) is 0 Å². The molecular weight excluding hydrogens is 168 g/mol. The lowest BCUT2D eigenvalue weighted by Gasteiger charge is -1.96. The molecule has 1 heterocycles. The number of rotatable bonds is 0. The van der Waals surface area contributed by atoms with Gasteiger partial charge in [-0.1, -0.05) is 6.07 Å². The van der Waals surface area contributed by atoms with Crippen molar-refractivity contribution in [3.05, 3.63) is 23.5 Å². The molecule has 0 spiro atoms. The second-order valence-corrected chi connectivity index (χ2v) is 3.11. The Morgan fingerprint density at radius 3 is 2.46 bits per heavy atom. The Hall–Kier alpha value is -1.64. The van der Waals surface area contributed by atoms with Crippen molar-refractivity contribution in [3.8, 4) is 11.5 Å². The van der Waals surface area contributed by atoms with Gasteiger partial charge >= 0.3 is 0 Å². The molecule has 68 valence electrons. The predicted molar refractivity (Wildman–Crippen MR) is 49.0 cm³/mol. The maximum Gasteiger partial charge on any atom is 0.180 e. The van der Waals surface area contributed by atoms with Crippen LogP contribution in [0, 0.1) is 13.8 Å². The Morgan fingerprint density at radius 1 is 1.15 bits per heavy atom. The molecule has 0 saturated heterocycles. The summed E-state index contributed by atoms with van der Waals surface area (Å²) in [4.78, 5) is 0. The molecule has 0 bridgehead atoms. The third-order valence-electron chi connectivity index (χ3n) is 2.17. The molecule has 0 aliphatic rings. The van der Waals surface area contributed by atoms with Crippen molar-refractivity contribution in [2.45, 2.75) is 13.8 Å². The fourth-order valence-electron chi connectivity index (χ4n) is 1.45. The first-order valence-corrected chi connectivity index (χ1v) is 4.02. The minimum absolute atomic E-state index is 0.0593. The minimum atomic E-state index is 0.0593. The molecule has 0 saturated carbocycles. The van der Waals surface area contributed by atoms with E-state index in [0.29, 0.717) is 16.7 Å². The molecule has 0 atom stereocenters. The predicted octanol–water partition coefficient (Wildman–Crippen LogP) is 2.46. The Morgan fingerprint density at radius 2 is 1.85 bits per heavy atom. The van der Waals surface area contributed by atoms with E-state index in [9.17, 15) is 10.2 Å². The van der Waals surface area contributed by atoms with Crippen LogP contribution in [0.1, 0.15) is 11.3 Å². The Labute approximate surface area is 75.2 Å². The molecule has 0 radical (unpaired) electrons. The molecule has 1 aromatic heterocycles. The van der Waals surface area contributed by atoms with Crippen molar-refractivity contribution in [2.75, 3.05) is 0 Å². The number of aromatic hydroxyl groups is 2. The quantitative estimate of drug-likeness (QED) is 0.651. The molecular formula is C10H10O3. The molecule has 0 unspecified atom stereocenters. The van der Waals surface area contributed by atoms with E-state index in [0.717, 1.165) is 5.56 Å². The molecule has 2 rings (SSSR count). The average Bonchev–Trinajstić information content (AvgIpc) is 2.38. The van der Waals surface area contributed by atoms with Gasteiger partial charge in [-0.15, -0.1) is 0 Å². The summed E-state index contributed by atoms with van der Waals surface area (Å²) in [7, 11) is 0. The third kappa shape index (κ3) is 0.967. The summed E-state index contributed by atoms with van der Waals surface area (Å²) < 4.78 is 5.21. The van der Waals surface area contributed by atoms with Gasteiger partial charge in [-0.25, -0.2) is 0 Å². The summed E-state index contributed by atoms with van der Waals surface area (Å²) in [6.07, 6.45) is 0. The topological polar surface area (TPSA) is 53.6 Å². The summed E-state index contributed by atoms with van der Waals surface area (Å²) in [6, 6.07) is 3.30. The number of phenolic OH excluding ortho intramolecular Hbond substituents is 1. The Balaban J connectivity index is 3.00. The molecule has 2 aromatic rings. The van der Waals surface area contributed by atoms with Crippen LogP contribution in [0.4, 0.5) is 0 Å². The van der Waals surface area contributed by atoms with Crippen molar-refractivity contribution in [2.24, 2.45) is 0 Å². The van der Waals surface area contributed by atoms with Gasteiger partial charge in [0, 0.05) is 0 Å². The van der Waals surface area contributed by atoms with Gasteiger partial charge in [-0.05, 0) is 25.5 Å². The summed E-state index contributed by atoms with van der Waals surface area (Å²) in [5.74, 6) is 0.604. The summed E-state index contributed by atoms with van der Waals surface area (Å²) in [5, 5.41) is 19.6. The molecule has 13 heavy (non-hydrogen) atoms. The number of benzene rings is 1. The molecule has 3 nitrogen and oxygen atoms in total. The van der Waals surface area contributed by atoms with Gasteiger partial charge in [0.1, 0.15) is 5.76 Å². The van der Waals surface area contributed by atoms with E-state index >= 15 is 0 Å².